The van der Waals surface area contributed by atoms with Crippen molar-refractivity contribution in [2.45, 2.75) is 33.5 Å². The molecule has 4 heteroatoms. The Morgan fingerprint density at radius 2 is 1.94 bits per heavy atom. The SMILES string of the molecule is CC(C)(C)C(O)C(=O)NOCc1ccccc1. The molecule has 0 aromatic heterocycles. The van der Waals surface area contributed by atoms with Gasteiger partial charge in [-0.3, -0.25) is 9.63 Å². The highest BCUT2D eigenvalue weighted by atomic mass is 16.7. The Morgan fingerprint density at radius 1 is 1.35 bits per heavy atom. The Kier molecular flexibility index (Phi) is 4.66. The molecule has 0 aliphatic rings. The van der Waals surface area contributed by atoms with Crippen molar-refractivity contribution in [3.05, 3.63) is 35.9 Å². The summed E-state index contributed by atoms with van der Waals surface area (Å²) >= 11 is 0. The van der Waals surface area contributed by atoms with Crippen molar-refractivity contribution in [1.82, 2.24) is 5.48 Å². The minimum atomic E-state index is -1.08. The molecule has 0 radical (unpaired) electrons. The van der Waals surface area contributed by atoms with Crippen molar-refractivity contribution in [1.29, 1.82) is 0 Å². The topological polar surface area (TPSA) is 58.6 Å². The predicted octanol–water partition coefficient (Wildman–Crippen LogP) is 1.64. The van der Waals surface area contributed by atoms with Crippen molar-refractivity contribution in [2.24, 2.45) is 5.41 Å². The number of hydroxylamine groups is 1. The summed E-state index contributed by atoms with van der Waals surface area (Å²) in [5.74, 6) is -0.520. The van der Waals surface area contributed by atoms with Gasteiger partial charge in [-0.15, -0.1) is 0 Å². The Bertz CT molecular complexity index is 357. The summed E-state index contributed by atoms with van der Waals surface area (Å²) in [6.07, 6.45) is -1.08. The number of hydrogen-bond acceptors (Lipinski definition) is 3. The van der Waals surface area contributed by atoms with Crippen LogP contribution in [0.15, 0.2) is 30.3 Å². The molecule has 0 aliphatic heterocycles. The second kappa shape index (κ2) is 5.80. The summed E-state index contributed by atoms with van der Waals surface area (Å²) in [4.78, 5) is 16.5. The second-order valence-corrected chi connectivity index (χ2v) is 5.01. The number of aliphatic hydroxyl groups is 1. The number of hydrogen-bond donors (Lipinski definition) is 2. The maximum absolute atomic E-state index is 11.5. The van der Waals surface area contributed by atoms with Crippen molar-refractivity contribution in [2.75, 3.05) is 0 Å². The van der Waals surface area contributed by atoms with Crippen LogP contribution in [0.4, 0.5) is 0 Å². The van der Waals surface area contributed by atoms with Gasteiger partial charge in [-0.1, -0.05) is 51.1 Å². The van der Waals surface area contributed by atoms with Crippen LogP contribution in [0.2, 0.25) is 0 Å². The molecule has 17 heavy (non-hydrogen) atoms. The van der Waals surface area contributed by atoms with E-state index in [1.807, 2.05) is 30.3 Å². The van der Waals surface area contributed by atoms with Gasteiger partial charge in [0, 0.05) is 0 Å². The minimum absolute atomic E-state index is 0.281. The Labute approximate surface area is 102 Å². The van der Waals surface area contributed by atoms with Gasteiger partial charge in [-0.05, 0) is 11.0 Å². The zero-order valence-electron chi connectivity index (χ0n) is 10.4. The molecule has 0 heterocycles. The van der Waals surface area contributed by atoms with Crippen molar-refractivity contribution < 1.29 is 14.7 Å². The lowest BCUT2D eigenvalue weighted by molar-refractivity contribution is -0.148. The van der Waals surface area contributed by atoms with Crippen molar-refractivity contribution in [3.63, 3.8) is 0 Å². The quantitative estimate of drug-likeness (QED) is 0.783. The van der Waals surface area contributed by atoms with E-state index in [0.29, 0.717) is 0 Å². The monoisotopic (exact) mass is 237 g/mol. The largest absolute Gasteiger partial charge is 0.383 e. The lowest BCUT2D eigenvalue weighted by Crippen LogP contribution is -2.42. The summed E-state index contributed by atoms with van der Waals surface area (Å²) < 4.78 is 0. The van der Waals surface area contributed by atoms with Gasteiger partial charge in [0.05, 0.1) is 6.61 Å². The average molecular weight is 237 g/mol. The lowest BCUT2D eigenvalue weighted by atomic mass is 9.89. The third-order valence-corrected chi connectivity index (χ3v) is 2.32. The number of benzene rings is 1. The van der Waals surface area contributed by atoms with Crippen LogP contribution in [0.25, 0.3) is 0 Å². The number of rotatable bonds is 4. The third-order valence-electron chi connectivity index (χ3n) is 2.32. The van der Waals surface area contributed by atoms with E-state index in [1.54, 1.807) is 20.8 Å². The number of aliphatic hydroxyl groups excluding tert-OH is 1. The molecule has 0 aliphatic carbocycles. The highest BCUT2D eigenvalue weighted by Gasteiger charge is 2.29. The molecule has 0 bridgehead atoms. The van der Waals surface area contributed by atoms with Gasteiger partial charge >= 0.3 is 0 Å². The van der Waals surface area contributed by atoms with E-state index in [2.05, 4.69) is 5.48 Å². The van der Waals surface area contributed by atoms with Crippen LogP contribution in [-0.2, 0) is 16.2 Å². The highest BCUT2D eigenvalue weighted by molar-refractivity contribution is 5.80. The van der Waals surface area contributed by atoms with Gasteiger partial charge in [-0.2, -0.15) is 0 Å². The standard InChI is InChI=1S/C13H19NO3/c1-13(2,3)11(15)12(16)14-17-9-10-7-5-4-6-8-10/h4-8,11,15H,9H2,1-3H3,(H,14,16). The molecule has 0 spiro atoms. The molecule has 1 atom stereocenters. The molecular weight excluding hydrogens is 218 g/mol. The van der Waals surface area contributed by atoms with Crippen LogP contribution in [-0.4, -0.2) is 17.1 Å². The Morgan fingerprint density at radius 3 is 2.47 bits per heavy atom. The van der Waals surface area contributed by atoms with E-state index in [-0.39, 0.29) is 6.61 Å². The van der Waals surface area contributed by atoms with E-state index < -0.39 is 17.4 Å². The fourth-order valence-electron chi connectivity index (χ4n) is 1.21. The van der Waals surface area contributed by atoms with E-state index in [0.717, 1.165) is 5.56 Å². The highest BCUT2D eigenvalue weighted by Crippen LogP contribution is 2.18. The Hall–Kier alpha value is -1.39. The van der Waals surface area contributed by atoms with Crippen molar-refractivity contribution in [3.8, 4) is 0 Å². The van der Waals surface area contributed by atoms with E-state index >= 15 is 0 Å². The molecule has 1 unspecified atom stereocenters. The van der Waals surface area contributed by atoms with Crippen LogP contribution in [0.1, 0.15) is 26.3 Å². The molecule has 1 aromatic carbocycles. The molecule has 0 fully saturated rings. The van der Waals surface area contributed by atoms with Crippen LogP contribution < -0.4 is 5.48 Å². The third kappa shape index (κ3) is 4.54. The van der Waals surface area contributed by atoms with Gasteiger partial charge in [-0.25, -0.2) is 5.48 Å². The molecule has 4 nitrogen and oxygen atoms in total. The predicted molar refractivity (Wildman–Crippen MR) is 64.8 cm³/mol. The molecule has 2 N–H and O–H groups in total. The van der Waals surface area contributed by atoms with E-state index in [9.17, 15) is 9.90 Å². The van der Waals surface area contributed by atoms with Crippen LogP contribution in [0, 0.1) is 5.41 Å². The van der Waals surface area contributed by atoms with E-state index in [4.69, 9.17) is 4.84 Å². The van der Waals surface area contributed by atoms with Crippen molar-refractivity contribution >= 4 is 5.91 Å². The molecule has 0 saturated carbocycles. The summed E-state index contributed by atoms with van der Waals surface area (Å²) in [5.41, 5.74) is 2.71. The summed E-state index contributed by atoms with van der Waals surface area (Å²) in [7, 11) is 0. The first-order chi connectivity index (χ1) is 7.91. The zero-order valence-corrected chi connectivity index (χ0v) is 10.4. The maximum atomic E-state index is 11.5. The zero-order chi connectivity index (χ0) is 12.9. The first-order valence-electron chi connectivity index (χ1n) is 5.55. The molecular formula is C13H19NO3. The van der Waals surface area contributed by atoms with E-state index in [1.165, 1.54) is 0 Å². The van der Waals surface area contributed by atoms with Gasteiger partial charge in [0.25, 0.3) is 5.91 Å². The lowest BCUT2D eigenvalue weighted by Gasteiger charge is -2.24. The number of carbonyl (C=O) groups is 1. The number of nitrogens with one attached hydrogen (secondary N) is 1. The number of amides is 1. The molecule has 0 saturated heterocycles. The maximum Gasteiger partial charge on any atom is 0.272 e. The smallest absolute Gasteiger partial charge is 0.272 e. The first-order valence-corrected chi connectivity index (χ1v) is 5.55. The fraction of sp³-hybridized carbons (Fsp3) is 0.462. The van der Waals surface area contributed by atoms with Gasteiger partial charge in [0.15, 0.2) is 0 Å². The molecule has 1 rings (SSSR count). The van der Waals surface area contributed by atoms with Crippen LogP contribution in [0.3, 0.4) is 0 Å². The van der Waals surface area contributed by atoms with Gasteiger partial charge in [0.1, 0.15) is 6.10 Å². The fourth-order valence-corrected chi connectivity index (χ4v) is 1.21. The van der Waals surface area contributed by atoms with Gasteiger partial charge < -0.3 is 5.11 Å². The first kappa shape index (κ1) is 13.7. The Balaban J connectivity index is 2.35. The molecule has 1 aromatic rings. The summed E-state index contributed by atoms with van der Waals surface area (Å²) in [6, 6.07) is 9.49. The van der Waals surface area contributed by atoms with Gasteiger partial charge in [0.2, 0.25) is 0 Å². The minimum Gasteiger partial charge on any atom is -0.383 e. The average Bonchev–Trinajstić information content (AvgIpc) is 2.28. The number of carbonyl (C=O) groups excluding carboxylic acids is 1. The molecule has 94 valence electrons. The summed E-state index contributed by atoms with van der Waals surface area (Å²) in [5, 5.41) is 9.66. The molecule has 1 amide bonds. The van der Waals surface area contributed by atoms with Crippen LogP contribution >= 0.6 is 0 Å². The second-order valence-electron chi connectivity index (χ2n) is 5.01. The normalized spacial score (nSPS) is 13.2. The van der Waals surface area contributed by atoms with Crippen LogP contribution in [0.5, 0.6) is 0 Å². The summed E-state index contributed by atoms with van der Waals surface area (Å²) in [6.45, 7) is 5.64.